The Morgan fingerprint density at radius 1 is 1.32 bits per heavy atom. The first-order chi connectivity index (χ1) is 8.86. The predicted octanol–water partition coefficient (Wildman–Crippen LogP) is 1.39. The van der Waals surface area contributed by atoms with Gasteiger partial charge in [0.15, 0.2) is 5.76 Å². The van der Waals surface area contributed by atoms with Crippen molar-refractivity contribution >= 4 is 11.9 Å². The zero-order chi connectivity index (χ0) is 14.6. The number of hydrogen-bond acceptors (Lipinski definition) is 4. The summed E-state index contributed by atoms with van der Waals surface area (Å²) in [5.74, 6) is -1.63. The highest BCUT2D eigenvalue weighted by Gasteiger charge is 2.24. The van der Waals surface area contributed by atoms with Gasteiger partial charge in [0.05, 0.1) is 0 Å². The van der Waals surface area contributed by atoms with Crippen molar-refractivity contribution in [1.29, 1.82) is 0 Å². The van der Waals surface area contributed by atoms with Gasteiger partial charge < -0.3 is 19.3 Å². The van der Waals surface area contributed by atoms with Crippen LogP contribution in [0.3, 0.4) is 0 Å². The van der Waals surface area contributed by atoms with E-state index in [9.17, 15) is 9.59 Å². The standard InChI is InChI=1S/C13H20N2O4/c1-5-15(9(2)8-14(3)4)12(16)10-6-7-11(19-10)13(17)18/h6-7,9H,5,8H2,1-4H3,(H,17,18). The molecular weight excluding hydrogens is 248 g/mol. The summed E-state index contributed by atoms with van der Waals surface area (Å²) < 4.78 is 5.04. The molecular formula is C13H20N2O4. The summed E-state index contributed by atoms with van der Waals surface area (Å²) in [5, 5.41) is 8.78. The van der Waals surface area contributed by atoms with E-state index in [-0.39, 0.29) is 23.5 Å². The Kier molecular flexibility index (Phi) is 5.11. The molecule has 0 saturated heterocycles. The van der Waals surface area contributed by atoms with Crippen LogP contribution in [0.1, 0.15) is 35.0 Å². The van der Waals surface area contributed by atoms with E-state index in [0.717, 1.165) is 6.54 Å². The fourth-order valence-electron chi connectivity index (χ4n) is 1.99. The zero-order valence-electron chi connectivity index (χ0n) is 11.7. The predicted molar refractivity (Wildman–Crippen MR) is 70.4 cm³/mol. The summed E-state index contributed by atoms with van der Waals surface area (Å²) in [6.45, 7) is 5.09. The van der Waals surface area contributed by atoms with E-state index in [1.165, 1.54) is 12.1 Å². The molecule has 1 heterocycles. The largest absolute Gasteiger partial charge is 0.475 e. The Morgan fingerprint density at radius 3 is 2.32 bits per heavy atom. The Labute approximate surface area is 112 Å². The van der Waals surface area contributed by atoms with Gasteiger partial charge in [0.25, 0.3) is 5.91 Å². The number of aromatic carboxylic acids is 1. The first-order valence-corrected chi connectivity index (χ1v) is 6.15. The molecule has 0 aliphatic rings. The third-order valence-corrected chi connectivity index (χ3v) is 2.79. The fourth-order valence-corrected chi connectivity index (χ4v) is 1.99. The molecule has 1 rings (SSSR count). The van der Waals surface area contributed by atoms with E-state index in [1.807, 2.05) is 32.8 Å². The van der Waals surface area contributed by atoms with Crippen LogP contribution in [0.5, 0.6) is 0 Å². The Hall–Kier alpha value is -1.82. The van der Waals surface area contributed by atoms with Gasteiger partial charge in [-0.15, -0.1) is 0 Å². The molecule has 1 aromatic heterocycles. The van der Waals surface area contributed by atoms with E-state index < -0.39 is 5.97 Å². The van der Waals surface area contributed by atoms with Crippen molar-refractivity contribution in [3.8, 4) is 0 Å². The highest BCUT2D eigenvalue weighted by molar-refractivity contribution is 5.93. The van der Waals surface area contributed by atoms with Crippen molar-refractivity contribution < 1.29 is 19.1 Å². The molecule has 0 spiro atoms. The van der Waals surface area contributed by atoms with Crippen molar-refractivity contribution in [2.75, 3.05) is 27.2 Å². The second kappa shape index (κ2) is 6.38. The first-order valence-electron chi connectivity index (χ1n) is 6.15. The molecule has 0 aliphatic heterocycles. The van der Waals surface area contributed by atoms with Crippen LogP contribution in [0.25, 0.3) is 0 Å². The van der Waals surface area contributed by atoms with Crippen molar-refractivity contribution in [1.82, 2.24) is 9.80 Å². The van der Waals surface area contributed by atoms with E-state index in [4.69, 9.17) is 9.52 Å². The monoisotopic (exact) mass is 268 g/mol. The maximum atomic E-state index is 12.3. The lowest BCUT2D eigenvalue weighted by Gasteiger charge is -2.29. The molecule has 1 unspecified atom stereocenters. The minimum absolute atomic E-state index is 0.0193. The minimum atomic E-state index is -1.18. The van der Waals surface area contributed by atoms with E-state index in [1.54, 1.807) is 4.90 Å². The topological polar surface area (TPSA) is 74.0 Å². The van der Waals surface area contributed by atoms with Crippen LogP contribution in [0.2, 0.25) is 0 Å². The molecule has 1 N–H and O–H groups in total. The highest BCUT2D eigenvalue weighted by Crippen LogP contribution is 2.13. The summed E-state index contributed by atoms with van der Waals surface area (Å²) in [6, 6.07) is 2.71. The van der Waals surface area contributed by atoms with E-state index >= 15 is 0 Å². The van der Waals surface area contributed by atoms with Gasteiger partial charge in [-0.3, -0.25) is 4.79 Å². The lowest BCUT2D eigenvalue weighted by atomic mass is 10.2. The van der Waals surface area contributed by atoms with Crippen LogP contribution in [-0.2, 0) is 0 Å². The SMILES string of the molecule is CCN(C(=O)c1ccc(C(=O)O)o1)C(C)CN(C)C. The molecule has 1 amide bonds. The van der Waals surface area contributed by atoms with Crippen LogP contribution >= 0.6 is 0 Å². The summed E-state index contributed by atoms with van der Waals surface area (Å²) in [4.78, 5) is 26.6. The molecule has 0 saturated carbocycles. The number of carboxylic acid groups (broad SMARTS) is 1. The van der Waals surface area contributed by atoms with E-state index in [2.05, 4.69) is 0 Å². The third kappa shape index (κ3) is 3.82. The minimum Gasteiger partial charge on any atom is -0.475 e. The molecule has 0 aliphatic carbocycles. The Balaban J connectivity index is 2.85. The second-order valence-corrected chi connectivity index (χ2v) is 4.67. The summed E-state index contributed by atoms with van der Waals surface area (Å²) in [5.41, 5.74) is 0. The van der Waals surface area contributed by atoms with Crippen molar-refractivity contribution in [2.24, 2.45) is 0 Å². The first kappa shape index (κ1) is 15.2. The molecule has 1 aromatic rings. The molecule has 0 fully saturated rings. The third-order valence-electron chi connectivity index (χ3n) is 2.79. The fraction of sp³-hybridized carbons (Fsp3) is 0.538. The van der Waals surface area contributed by atoms with Gasteiger partial charge in [0.2, 0.25) is 5.76 Å². The molecule has 6 nitrogen and oxygen atoms in total. The Morgan fingerprint density at radius 2 is 1.89 bits per heavy atom. The van der Waals surface area contributed by atoms with Gasteiger partial charge in [0.1, 0.15) is 0 Å². The number of carbonyl (C=O) groups is 2. The van der Waals surface area contributed by atoms with Crippen LogP contribution in [-0.4, -0.2) is 60.0 Å². The molecule has 0 radical (unpaired) electrons. The second-order valence-electron chi connectivity index (χ2n) is 4.67. The molecule has 106 valence electrons. The molecule has 6 heteroatoms. The zero-order valence-corrected chi connectivity index (χ0v) is 11.7. The number of hydrogen-bond donors (Lipinski definition) is 1. The molecule has 0 aromatic carbocycles. The number of carboxylic acids is 1. The van der Waals surface area contributed by atoms with E-state index in [0.29, 0.717) is 6.54 Å². The maximum Gasteiger partial charge on any atom is 0.371 e. The summed E-state index contributed by atoms with van der Waals surface area (Å²) >= 11 is 0. The van der Waals surface area contributed by atoms with Crippen LogP contribution in [0, 0.1) is 0 Å². The van der Waals surface area contributed by atoms with Gasteiger partial charge in [0, 0.05) is 19.1 Å². The normalized spacial score (nSPS) is 12.5. The van der Waals surface area contributed by atoms with Crippen molar-refractivity contribution in [2.45, 2.75) is 19.9 Å². The number of furan rings is 1. The maximum absolute atomic E-state index is 12.3. The lowest BCUT2D eigenvalue weighted by Crippen LogP contribution is -2.43. The van der Waals surface area contributed by atoms with Gasteiger partial charge in [-0.25, -0.2) is 4.79 Å². The quantitative estimate of drug-likeness (QED) is 0.844. The average molecular weight is 268 g/mol. The molecule has 0 bridgehead atoms. The van der Waals surface area contributed by atoms with Crippen molar-refractivity contribution in [3.63, 3.8) is 0 Å². The Bertz CT molecular complexity index is 453. The van der Waals surface area contributed by atoms with Crippen LogP contribution in [0.15, 0.2) is 16.5 Å². The van der Waals surface area contributed by atoms with Crippen molar-refractivity contribution in [3.05, 3.63) is 23.7 Å². The lowest BCUT2D eigenvalue weighted by molar-refractivity contribution is 0.0623. The summed E-state index contributed by atoms with van der Waals surface area (Å²) in [6.07, 6.45) is 0. The number of likely N-dealkylation sites (N-methyl/N-ethyl adjacent to an activating group) is 2. The van der Waals surface area contributed by atoms with Gasteiger partial charge in [-0.1, -0.05) is 0 Å². The van der Waals surface area contributed by atoms with Crippen LogP contribution < -0.4 is 0 Å². The molecule has 19 heavy (non-hydrogen) atoms. The average Bonchev–Trinajstić information content (AvgIpc) is 2.77. The number of carbonyl (C=O) groups excluding carboxylic acids is 1. The smallest absolute Gasteiger partial charge is 0.371 e. The summed E-state index contributed by atoms with van der Waals surface area (Å²) in [7, 11) is 3.87. The van der Waals surface area contributed by atoms with Gasteiger partial charge in [-0.05, 0) is 40.1 Å². The highest BCUT2D eigenvalue weighted by atomic mass is 16.4. The number of rotatable bonds is 6. The van der Waals surface area contributed by atoms with Gasteiger partial charge >= 0.3 is 5.97 Å². The number of nitrogens with zero attached hydrogens (tertiary/aromatic N) is 2. The molecule has 1 atom stereocenters. The van der Waals surface area contributed by atoms with Crippen LogP contribution in [0.4, 0.5) is 0 Å². The van der Waals surface area contributed by atoms with Gasteiger partial charge in [-0.2, -0.15) is 0 Å². The number of amides is 1.